The van der Waals surface area contributed by atoms with E-state index in [4.69, 9.17) is 4.74 Å². The van der Waals surface area contributed by atoms with Crippen molar-refractivity contribution in [3.63, 3.8) is 0 Å². The Balaban J connectivity index is 1.69. The predicted octanol–water partition coefficient (Wildman–Crippen LogP) is 5.29. The van der Waals surface area contributed by atoms with Gasteiger partial charge in [0.25, 0.3) is 11.8 Å². The largest absolute Gasteiger partial charge is 0.491 e. The number of anilines is 2. The zero-order valence-electron chi connectivity index (χ0n) is 16.7. The lowest BCUT2D eigenvalue weighted by Gasteiger charge is -2.11. The fourth-order valence-corrected chi connectivity index (χ4v) is 2.80. The second-order valence-electron chi connectivity index (χ2n) is 6.99. The molecule has 5 nitrogen and oxygen atoms in total. The first-order chi connectivity index (χ1) is 13.9. The molecule has 3 aromatic carbocycles. The van der Waals surface area contributed by atoms with Gasteiger partial charge in [-0.15, -0.1) is 0 Å². The molecule has 0 bridgehead atoms. The van der Waals surface area contributed by atoms with Crippen LogP contribution in [0.2, 0.25) is 0 Å². The number of hydrogen-bond acceptors (Lipinski definition) is 3. The number of benzene rings is 3. The third kappa shape index (κ3) is 5.45. The lowest BCUT2D eigenvalue weighted by molar-refractivity contribution is 0.102. The Morgan fingerprint density at radius 3 is 2.03 bits per heavy atom. The number of nitrogens with one attached hydrogen (secondary N) is 2. The van der Waals surface area contributed by atoms with Gasteiger partial charge in [0.05, 0.1) is 6.10 Å². The summed E-state index contributed by atoms with van der Waals surface area (Å²) in [5.41, 5.74) is 3.20. The summed E-state index contributed by atoms with van der Waals surface area (Å²) < 4.78 is 5.60. The predicted molar refractivity (Wildman–Crippen MR) is 116 cm³/mol. The van der Waals surface area contributed by atoms with Gasteiger partial charge in [0, 0.05) is 22.5 Å². The highest BCUT2D eigenvalue weighted by Crippen LogP contribution is 2.19. The fraction of sp³-hybridized carbons (Fsp3) is 0.167. The molecule has 0 spiro atoms. The van der Waals surface area contributed by atoms with Crippen LogP contribution < -0.4 is 15.4 Å². The number of ether oxygens (including phenoxy) is 1. The molecule has 148 valence electrons. The van der Waals surface area contributed by atoms with E-state index in [0.29, 0.717) is 16.8 Å². The minimum absolute atomic E-state index is 0.0870. The molecule has 2 N–H and O–H groups in total. The maximum atomic E-state index is 12.6. The van der Waals surface area contributed by atoms with Crippen LogP contribution in [0.4, 0.5) is 11.4 Å². The summed E-state index contributed by atoms with van der Waals surface area (Å²) in [7, 11) is 0. The Morgan fingerprint density at radius 1 is 0.793 bits per heavy atom. The molecule has 0 aliphatic heterocycles. The average Bonchev–Trinajstić information content (AvgIpc) is 2.71. The first-order valence-corrected chi connectivity index (χ1v) is 9.47. The van der Waals surface area contributed by atoms with Gasteiger partial charge in [-0.2, -0.15) is 0 Å². The molecule has 0 heterocycles. The van der Waals surface area contributed by atoms with E-state index >= 15 is 0 Å². The van der Waals surface area contributed by atoms with Crippen LogP contribution in [0, 0.1) is 6.92 Å². The molecule has 3 aromatic rings. The van der Waals surface area contributed by atoms with Gasteiger partial charge in [-0.05, 0) is 74.9 Å². The number of amides is 2. The zero-order chi connectivity index (χ0) is 20.8. The number of carbonyl (C=O) groups excluding carboxylic acids is 2. The standard InChI is InChI=1S/C24H24N2O3/c1-16(2)29-21-13-11-20(12-14-21)25-23(27)18-8-6-9-19(15-18)24(28)26-22-10-5-4-7-17(22)3/h4-16H,1-3H3,(H,25,27)(H,26,28). The Kier molecular flexibility index (Phi) is 6.29. The normalized spacial score (nSPS) is 10.5. The van der Waals surface area contributed by atoms with Crippen molar-refractivity contribution in [3.05, 3.63) is 89.5 Å². The molecule has 2 amide bonds. The molecule has 0 radical (unpaired) electrons. The molecule has 0 fully saturated rings. The van der Waals surface area contributed by atoms with E-state index in [0.717, 1.165) is 17.0 Å². The molecule has 0 saturated heterocycles. The molecule has 29 heavy (non-hydrogen) atoms. The van der Waals surface area contributed by atoms with Crippen molar-refractivity contribution in [1.29, 1.82) is 0 Å². The topological polar surface area (TPSA) is 67.4 Å². The van der Waals surface area contributed by atoms with Crippen molar-refractivity contribution in [2.45, 2.75) is 26.9 Å². The van der Waals surface area contributed by atoms with Crippen molar-refractivity contribution in [1.82, 2.24) is 0 Å². The number of rotatable bonds is 6. The summed E-state index contributed by atoms with van der Waals surface area (Å²) >= 11 is 0. The Labute approximate surface area is 170 Å². The summed E-state index contributed by atoms with van der Waals surface area (Å²) in [6.45, 7) is 5.84. The van der Waals surface area contributed by atoms with Gasteiger partial charge in [-0.1, -0.05) is 24.3 Å². The van der Waals surface area contributed by atoms with Gasteiger partial charge in [-0.25, -0.2) is 0 Å². The minimum atomic E-state index is -0.284. The van der Waals surface area contributed by atoms with Crippen molar-refractivity contribution < 1.29 is 14.3 Å². The van der Waals surface area contributed by atoms with Crippen molar-refractivity contribution >= 4 is 23.2 Å². The van der Waals surface area contributed by atoms with Crippen LogP contribution in [-0.2, 0) is 0 Å². The smallest absolute Gasteiger partial charge is 0.255 e. The molecule has 0 unspecified atom stereocenters. The highest BCUT2D eigenvalue weighted by molar-refractivity contribution is 6.08. The molecule has 0 aliphatic carbocycles. The summed E-state index contributed by atoms with van der Waals surface area (Å²) in [6, 6.07) is 21.4. The molecule has 0 atom stereocenters. The number of para-hydroxylation sites is 1. The van der Waals surface area contributed by atoms with E-state index in [-0.39, 0.29) is 17.9 Å². The first-order valence-electron chi connectivity index (χ1n) is 9.47. The van der Waals surface area contributed by atoms with Crippen molar-refractivity contribution in [2.24, 2.45) is 0 Å². The molecular formula is C24H24N2O3. The lowest BCUT2D eigenvalue weighted by atomic mass is 10.1. The maximum Gasteiger partial charge on any atom is 0.255 e. The SMILES string of the molecule is Cc1ccccc1NC(=O)c1cccc(C(=O)Nc2ccc(OC(C)C)cc2)c1. The van der Waals surface area contributed by atoms with Crippen LogP contribution in [-0.4, -0.2) is 17.9 Å². The molecule has 0 aliphatic rings. The highest BCUT2D eigenvalue weighted by atomic mass is 16.5. The van der Waals surface area contributed by atoms with E-state index in [1.807, 2.05) is 57.2 Å². The van der Waals surface area contributed by atoms with Crippen LogP contribution in [0.3, 0.4) is 0 Å². The van der Waals surface area contributed by atoms with Gasteiger partial charge in [0.1, 0.15) is 5.75 Å². The Bertz CT molecular complexity index is 1010. The van der Waals surface area contributed by atoms with E-state index < -0.39 is 0 Å². The molecule has 0 saturated carbocycles. The second kappa shape index (κ2) is 9.06. The first kappa shape index (κ1) is 20.1. The minimum Gasteiger partial charge on any atom is -0.491 e. The number of aryl methyl sites for hydroxylation is 1. The summed E-state index contributed by atoms with van der Waals surface area (Å²) in [5.74, 6) is 0.199. The number of hydrogen-bond donors (Lipinski definition) is 2. The monoisotopic (exact) mass is 388 g/mol. The summed E-state index contributed by atoms with van der Waals surface area (Å²) in [5, 5.41) is 5.72. The third-order valence-electron chi connectivity index (χ3n) is 4.26. The van der Waals surface area contributed by atoms with E-state index in [1.165, 1.54) is 0 Å². The molecule has 0 aromatic heterocycles. The summed E-state index contributed by atoms with van der Waals surface area (Å²) in [4.78, 5) is 25.2. The van der Waals surface area contributed by atoms with Crippen LogP contribution in [0.25, 0.3) is 0 Å². The quantitative estimate of drug-likeness (QED) is 0.603. The molecule has 5 heteroatoms. The maximum absolute atomic E-state index is 12.6. The van der Waals surface area contributed by atoms with Gasteiger partial charge < -0.3 is 15.4 Å². The van der Waals surface area contributed by atoms with Crippen molar-refractivity contribution in [3.8, 4) is 5.75 Å². The van der Waals surface area contributed by atoms with Gasteiger partial charge in [-0.3, -0.25) is 9.59 Å². The van der Waals surface area contributed by atoms with Crippen LogP contribution >= 0.6 is 0 Å². The highest BCUT2D eigenvalue weighted by Gasteiger charge is 2.12. The van der Waals surface area contributed by atoms with Crippen LogP contribution in [0.1, 0.15) is 40.1 Å². The lowest BCUT2D eigenvalue weighted by Crippen LogP contribution is -2.16. The van der Waals surface area contributed by atoms with Gasteiger partial charge in [0.15, 0.2) is 0 Å². The van der Waals surface area contributed by atoms with Crippen LogP contribution in [0.5, 0.6) is 5.75 Å². The Morgan fingerprint density at radius 2 is 1.41 bits per heavy atom. The van der Waals surface area contributed by atoms with E-state index in [1.54, 1.807) is 36.4 Å². The van der Waals surface area contributed by atoms with E-state index in [9.17, 15) is 9.59 Å². The van der Waals surface area contributed by atoms with Gasteiger partial charge in [0.2, 0.25) is 0 Å². The number of carbonyl (C=O) groups is 2. The fourth-order valence-electron chi connectivity index (χ4n) is 2.80. The van der Waals surface area contributed by atoms with Crippen molar-refractivity contribution in [2.75, 3.05) is 10.6 Å². The van der Waals surface area contributed by atoms with Crippen LogP contribution in [0.15, 0.2) is 72.8 Å². The van der Waals surface area contributed by atoms with Gasteiger partial charge >= 0.3 is 0 Å². The second-order valence-corrected chi connectivity index (χ2v) is 6.99. The Hall–Kier alpha value is -3.60. The molecular weight excluding hydrogens is 364 g/mol. The molecule has 3 rings (SSSR count). The third-order valence-corrected chi connectivity index (χ3v) is 4.26. The summed E-state index contributed by atoms with van der Waals surface area (Å²) in [6.07, 6.45) is 0.0870. The zero-order valence-corrected chi connectivity index (χ0v) is 16.7. The average molecular weight is 388 g/mol. The van der Waals surface area contributed by atoms with E-state index in [2.05, 4.69) is 10.6 Å².